The molecule has 3 atom stereocenters. The normalized spacial score (nSPS) is 27.6. The Morgan fingerprint density at radius 3 is 2.40 bits per heavy atom. The second-order valence-corrected chi connectivity index (χ2v) is 8.00. The third-order valence-electron chi connectivity index (χ3n) is 4.93. The van der Waals surface area contributed by atoms with E-state index in [4.69, 9.17) is 0 Å². The van der Waals surface area contributed by atoms with Gasteiger partial charge in [-0.15, -0.1) is 0 Å². The molecule has 0 heterocycles. The van der Waals surface area contributed by atoms with Crippen LogP contribution in [0.4, 0.5) is 8.78 Å². The van der Waals surface area contributed by atoms with Crippen LogP contribution in [0.5, 0.6) is 0 Å². The average molecular weight is 345 g/mol. The van der Waals surface area contributed by atoms with Crippen LogP contribution >= 0.6 is 15.9 Å². The van der Waals surface area contributed by atoms with Gasteiger partial charge in [-0.25, -0.2) is 8.78 Å². The fourth-order valence-electron chi connectivity index (χ4n) is 3.47. The number of hydrogen-bond donors (Lipinski definition) is 0. The van der Waals surface area contributed by atoms with Crippen molar-refractivity contribution in [3.05, 3.63) is 34.9 Å². The lowest BCUT2D eigenvalue weighted by Gasteiger charge is -2.42. The Balaban J connectivity index is 2.37. The summed E-state index contributed by atoms with van der Waals surface area (Å²) in [5.41, 5.74) is 0.506. The van der Waals surface area contributed by atoms with E-state index in [0.29, 0.717) is 27.8 Å². The zero-order valence-electron chi connectivity index (χ0n) is 12.6. The first-order valence-corrected chi connectivity index (χ1v) is 8.25. The SMILES string of the molecule is Cc1ccc(C(C)(C)C2CCC(C)CC2Br)c(F)c1F. The number of rotatable bonds is 2. The highest BCUT2D eigenvalue weighted by Crippen LogP contribution is 2.46. The fourth-order valence-corrected chi connectivity index (χ4v) is 5.03. The average Bonchev–Trinajstić information content (AvgIpc) is 2.35. The molecule has 0 saturated heterocycles. The molecule has 1 fully saturated rings. The third kappa shape index (κ3) is 2.79. The quantitative estimate of drug-likeness (QED) is 0.599. The molecule has 0 radical (unpaired) electrons. The lowest BCUT2D eigenvalue weighted by Crippen LogP contribution is -2.39. The Hall–Kier alpha value is -0.440. The molecule has 0 aromatic heterocycles. The van der Waals surface area contributed by atoms with Gasteiger partial charge in [0, 0.05) is 4.83 Å². The van der Waals surface area contributed by atoms with E-state index in [0.717, 1.165) is 19.3 Å². The Bertz CT molecular complexity index is 496. The maximum Gasteiger partial charge on any atom is 0.162 e. The van der Waals surface area contributed by atoms with Crippen molar-refractivity contribution >= 4 is 15.9 Å². The number of aryl methyl sites for hydroxylation is 1. The van der Waals surface area contributed by atoms with Crippen LogP contribution in [0.1, 0.15) is 51.2 Å². The molecule has 0 N–H and O–H groups in total. The molecule has 112 valence electrons. The molecule has 0 aliphatic heterocycles. The topological polar surface area (TPSA) is 0 Å². The van der Waals surface area contributed by atoms with Gasteiger partial charge in [-0.1, -0.05) is 55.3 Å². The summed E-state index contributed by atoms with van der Waals surface area (Å²) < 4.78 is 28.2. The van der Waals surface area contributed by atoms with Crippen molar-refractivity contribution < 1.29 is 8.78 Å². The first-order chi connectivity index (χ1) is 9.25. The van der Waals surface area contributed by atoms with Crippen molar-refractivity contribution in [3.8, 4) is 0 Å². The van der Waals surface area contributed by atoms with Crippen molar-refractivity contribution in [2.24, 2.45) is 11.8 Å². The highest BCUT2D eigenvalue weighted by Gasteiger charge is 2.40. The van der Waals surface area contributed by atoms with Gasteiger partial charge < -0.3 is 0 Å². The highest BCUT2D eigenvalue weighted by atomic mass is 79.9. The molecule has 1 aliphatic rings. The van der Waals surface area contributed by atoms with Gasteiger partial charge in [0.1, 0.15) is 0 Å². The molecule has 20 heavy (non-hydrogen) atoms. The standard InChI is InChI=1S/C17H23BrF2/c1-10-5-7-12(14(18)9-10)17(3,4)13-8-6-11(2)15(19)16(13)20/h6,8,10,12,14H,5,7,9H2,1-4H3. The summed E-state index contributed by atoms with van der Waals surface area (Å²) in [4.78, 5) is 0.366. The first-order valence-electron chi connectivity index (χ1n) is 7.34. The first kappa shape index (κ1) is 15.9. The number of hydrogen-bond acceptors (Lipinski definition) is 0. The van der Waals surface area contributed by atoms with E-state index in [1.165, 1.54) is 0 Å². The minimum atomic E-state index is -0.703. The molecule has 1 saturated carbocycles. The van der Waals surface area contributed by atoms with Crippen molar-refractivity contribution in [2.75, 3.05) is 0 Å². The second-order valence-electron chi connectivity index (χ2n) is 6.82. The Kier molecular flexibility index (Phi) is 4.58. The summed E-state index contributed by atoms with van der Waals surface area (Å²) in [6.07, 6.45) is 3.31. The Morgan fingerprint density at radius 2 is 1.80 bits per heavy atom. The molecular formula is C17H23BrF2. The van der Waals surface area contributed by atoms with Gasteiger partial charge in [-0.3, -0.25) is 0 Å². The monoisotopic (exact) mass is 344 g/mol. The minimum absolute atomic E-state index is 0.329. The molecule has 0 amide bonds. The summed E-state index contributed by atoms with van der Waals surface area (Å²) in [5.74, 6) is -0.347. The van der Waals surface area contributed by atoms with Crippen LogP contribution in [-0.4, -0.2) is 4.83 Å². The number of halogens is 3. The van der Waals surface area contributed by atoms with Gasteiger partial charge in [0.25, 0.3) is 0 Å². The van der Waals surface area contributed by atoms with Crippen LogP contribution in [-0.2, 0) is 5.41 Å². The van der Waals surface area contributed by atoms with Crippen molar-refractivity contribution in [2.45, 2.75) is 57.2 Å². The van der Waals surface area contributed by atoms with Crippen LogP contribution < -0.4 is 0 Å². The van der Waals surface area contributed by atoms with Gasteiger partial charge in [-0.05, 0) is 48.1 Å². The van der Waals surface area contributed by atoms with Crippen LogP contribution in [0.15, 0.2) is 12.1 Å². The predicted molar refractivity (Wildman–Crippen MR) is 83.3 cm³/mol. The molecule has 2 rings (SSSR count). The molecule has 1 aromatic carbocycles. The molecule has 0 spiro atoms. The van der Waals surface area contributed by atoms with Gasteiger partial charge in [0.15, 0.2) is 11.6 Å². The Labute approximate surface area is 129 Å². The second kappa shape index (κ2) is 5.75. The lowest BCUT2D eigenvalue weighted by atomic mass is 9.65. The molecule has 3 unspecified atom stereocenters. The maximum absolute atomic E-state index is 14.3. The largest absolute Gasteiger partial charge is 0.203 e. The summed E-state index contributed by atoms with van der Waals surface area (Å²) in [7, 11) is 0. The van der Waals surface area contributed by atoms with Crippen LogP contribution in [0.3, 0.4) is 0 Å². The summed E-state index contributed by atoms with van der Waals surface area (Å²) in [6.45, 7) is 7.93. The molecule has 1 aliphatic carbocycles. The van der Waals surface area contributed by atoms with Gasteiger partial charge in [-0.2, -0.15) is 0 Å². The van der Waals surface area contributed by atoms with E-state index in [9.17, 15) is 8.78 Å². The van der Waals surface area contributed by atoms with E-state index in [-0.39, 0.29) is 5.41 Å². The van der Waals surface area contributed by atoms with E-state index in [1.807, 2.05) is 13.8 Å². The van der Waals surface area contributed by atoms with E-state index in [1.54, 1.807) is 19.1 Å². The van der Waals surface area contributed by atoms with Crippen LogP contribution in [0.25, 0.3) is 0 Å². The maximum atomic E-state index is 14.3. The number of benzene rings is 1. The van der Waals surface area contributed by atoms with Crippen LogP contribution in [0, 0.1) is 30.4 Å². The molecular weight excluding hydrogens is 322 g/mol. The van der Waals surface area contributed by atoms with Crippen molar-refractivity contribution in [1.29, 1.82) is 0 Å². The molecule has 3 heteroatoms. The summed E-state index contributed by atoms with van der Waals surface area (Å²) in [6, 6.07) is 3.44. The van der Waals surface area contributed by atoms with Gasteiger partial charge in [0.05, 0.1) is 0 Å². The Morgan fingerprint density at radius 1 is 1.15 bits per heavy atom. The summed E-state index contributed by atoms with van der Waals surface area (Å²) >= 11 is 3.77. The number of alkyl halides is 1. The summed E-state index contributed by atoms with van der Waals surface area (Å²) in [5, 5.41) is 0. The van der Waals surface area contributed by atoms with Crippen LogP contribution in [0.2, 0.25) is 0 Å². The van der Waals surface area contributed by atoms with Gasteiger partial charge in [0.2, 0.25) is 0 Å². The van der Waals surface area contributed by atoms with Gasteiger partial charge >= 0.3 is 0 Å². The lowest BCUT2D eigenvalue weighted by molar-refractivity contribution is 0.209. The fraction of sp³-hybridized carbons (Fsp3) is 0.647. The smallest absolute Gasteiger partial charge is 0.162 e. The third-order valence-corrected chi connectivity index (χ3v) is 5.94. The van der Waals surface area contributed by atoms with Crippen molar-refractivity contribution in [1.82, 2.24) is 0 Å². The van der Waals surface area contributed by atoms with Crippen molar-refractivity contribution in [3.63, 3.8) is 0 Å². The van der Waals surface area contributed by atoms with E-state index in [2.05, 4.69) is 22.9 Å². The molecule has 0 nitrogen and oxygen atoms in total. The van der Waals surface area contributed by atoms with E-state index >= 15 is 0 Å². The molecule has 0 bridgehead atoms. The highest BCUT2D eigenvalue weighted by molar-refractivity contribution is 9.09. The minimum Gasteiger partial charge on any atom is -0.203 e. The van der Waals surface area contributed by atoms with E-state index < -0.39 is 11.6 Å². The zero-order valence-corrected chi connectivity index (χ0v) is 14.2. The molecule has 1 aromatic rings. The predicted octanol–water partition coefficient (Wildman–Crippen LogP) is 5.75. The zero-order chi connectivity index (χ0) is 15.1.